The molecular weight excluding hydrogens is 208 g/mol. The molecule has 0 spiro atoms. The van der Waals surface area contributed by atoms with Crippen molar-refractivity contribution in [3.05, 3.63) is 0 Å². The fourth-order valence-electron chi connectivity index (χ4n) is 3.00. The Morgan fingerprint density at radius 3 is 2.24 bits per heavy atom. The molecule has 2 nitrogen and oxygen atoms in total. The van der Waals surface area contributed by atoms with E-state index >= 15 is 0 Å². The summed E-state index contributed by atoms with van der Waals surface area (Å²) >= 11 is 0. The third-order valence-corrected chi connectivity index (χ3v) is 4.24. The van der Waals surface area contributed by atoms with Gasteiger partial charge in [-0.3, -0.25) is 4.90 Å². The predicted octanol–water partition coefficient (Wildman–Crippen LogP) is 3.42. The van der Waals surface area contributed by atoms with Crippen LogP contribution in [-0.4, -0.2) is 36.1 Å². The molecule has 0 aliphatic carbocycles. The third-order valence-electron chi connectivity index (χ3n) is 4.24. The van der Waals surface area contributed by atoms with E-state index in [9.17, 15) is 0 Å². The average molecular weight is 240 g/mol. The van der Waals surface area contributed by atoms with Gasteiger partial charge in [0.15, 0.2) is 0 Å². The van der Waals surface area contributed by atoms with E-state index in [4.69, 9.17) is 0 Å². The Balaban J connectivity index is 2.60. The highest BCUT2D eigenvalue weighted by atomic mass is 15.2. The summed E-state index contributed by atoms with van der Waals surface area (Å²) in [4.78, 5) is 2.71. The molecule has 1 saturated heterocycles. The second-order valence-electron chi connectivity index (χ2n) is 6.00. The van der Waals surface area contributed by atoms with E-state index < -0.39 is 0 Å². The van der Waals surface area contributed by atoms with Gasteiger partial charge in [0.2, 0.25) is 0 Å². The molecule has 1 fully saturated rings. The van der Waals surface area contributed by atoms with Crippen LogP contribution in [0.25, 0.3) is 0 Å². The molecule has 1 unspecified atom stereocenters. The zero-order valence-corrected chi connectivity index (χ0v) is 12.4. The number of nitrogens with one attached hydrogen (secondary N) is 1. The lowest BCUT2D eigenvalue weighted by Gasteiger charge is -2.46. The standard InChI is InChI=1S/C15H32N2/c1-5-10-14(16-11-6-2)15(3,4)17-12-8-7-9-13-17/h14,16H,5-13H2,1-4H3. The van der Waals surface area contributed by atoms with E-state index in [-0.39, 0.29) is 0 Å². The summed E-state index contributed by atoms with van der Waals surface area (Å²) in [6.45, 7) is 13.2. The lowest BCUT2D eigenvalue weighted by molar-refractivity contribution is 0.0580. The summed E-state index contributed by atoms with van der Waals surface area (Å²) in [5.41, 5.74) is 0.311. The molecule has 0 amide bonds. The SMILES string of the molecule is CCCNC(CCC)C(C)(C)N1CCCCC1. The van der Waals surface area contributed by atoms with E-state index in [0.29, 0.717) is 11.6 Å². The van der Waals surface area contributed by atoms with Gasteiger partial charge in [-0.2, -0.15) is 0 Å². The minimum absolute atomic E-state index is 0.311. The Labute approximate surface area is 108 Å². The maximum Gasteiger partial charge on any atom is 0.0306 e. The van der Waals surface area contributed by atoms with Crippen molar-refractivity contribution in [3.63, 3.8) is 0 Å². The second-order valence-corrected chi connectivity index (χ2v) is 6.00. The number of likely N-dealkylation sites (tertiary alicyclic amines) is 1. The quantitative estimate of drug-likeness (QED) is 0.733. The van der Waals surface area contributed by atoms with Crippen LogP contribution in [-0.2, 0) is 0 Å². The summed E-state index contributed by atoms with van der Waals surface area (Å²) in [6, 6.07) is 0.644. The number of rotatable bonds is 7. The highest BCUT2D eigenvalue weighted by Gasteiger charge is 2.34. The van der Waals surface area contributed by atoms with Gasteiger partial charge in [-0.05, 0) is 59.2 Å². The summed E-state index contributed by atoms with van der Waals surface area (Å²) in [6.07, 6.45) is 8.00. The summed E-state index contributed by atoms with van der Waals surface area (Å²) in [5.74, 6) is 0. The Bertz CT molecular complexity index is 195. The molecule has 1 atom stereocenters. The van der Waals surface area contributed by atoms with E-state index in [1.165, 1.54) is 51.6 Å². The fourth-order valence-corrected chi connectivity index (χ4v) is 3.00. The van der Waals surface area contributed by atoms with Gasteiger partial charge < -0.3 is 5.32 Å². The van der Waals surface area contributed by atoms with Gasteiger partial charge in [0, 0.05) is 11.6 Å². The number of nitrogens with zero attached hydrogens (tertiary/aromatic N) is 1. The largest absolute Gasteiger partial charge is 0.312 e. The summed E-state index contributed by atoms with van der Waals surface area (Å²) in [7, 11) is 0. The highest BCUT2D eigenvalue weighted by molar-refractivity contribution is 4.94. The van der Waals surface area contributed by atoms with E-state index in [1.54, 1.807) is 0 Å². The van der Waals surface area contributed by atoms with Gasteiger partial charge in [-0.15, -0.1) is 0 Å². The molecule has 0 saturated carbocycles. The first kappa shape index (κ1) is 15.0. The van der Waals surface area contributed by atoms with Gasteiger partial charge in [-0.25, -0.2) is 0 Å². The van der Waals surface area contributed by atoms with Crippen LogP contribution in [0.3, 0.4) is 0 Å². The van der Waals surface area contributed by atoms with Gasteiger partial charge in [0.05, 0.1) is 0 Å². The maximum absolute atomic E-state index is 3.77. The monoisotopic (exact) mass is 240 g/mol. The van der Waals surface area contributed by atoms with E-state index in [1.807, 2.05) is 0 Å². The van der Waals surface area contributed by atoms with Crippen molar-refractivity contribution in [2.45, 2.75) is 77.8 Å². The topological polar surface area (TPSA) is 15.3 Å². The first-order chi connectivity index (χ1) is 8.12. The molecule has 1 N–H and O–H groups in total. The molecule has 1 aliphatic heterocycles. The lowest BCUT2D eigenvalue weighted by atomic mass is 9.87. The molecular formula is C15H32N2. The fraction of sp³-hybridized carbons (Fsp3) is 1.00. The number of hydrogen-bond donors (Lipinski definition) is 1. The summed E-state index contributed by atoms with van der Waals surface area (Å²) < 4.78 is 0. The van der Waals surface area contributed by atoms with E-state index in [2.05, 4.69) is 37.9 Å². The molecule has 0 aromatic heterocycles. The van der Waals surface area contributed by atoms with Crippen LogP contribution >= 0.6 is 0 Å². The van der Waals surface area contributed by atoms with Crippen molar-refractivity contribution in [2.75, 3.05) is 19.6 Å². The first-order valence-corrected chi connectivity index (χ1v) is 7.61. The predicted molar refractivity (Wildman–Crippen MR) is 76.5 cm³/mol. The Kier molecular flexibility index (Phi) is 6.50. The molecule has 0 aromatic rings. The molecule has 2 heteroatoms. The summed E-state index contributed by atoms with van der Waals surface area (Å²) in [5, 5.41) is 3.77. The van der Waals surface area contributed by atoms with Gasteiger partial charge in [0.25, 0.3) is 0 Å². The second kappa shape index (κ2) is 7.38. The van der Waals surface area contributed by atoms with Gasteiger partial charge in [-0.1, -0.05) is 26.7 Å². The molecule has 17 heavy (non-hydrogen) atoms. The lowest BCUT2D eigenvalue weighted by Crippen LogP contribution is -2.59. The van der Waals surface area contributed by atoms with Gasteiger partial charge >= 0.3 is 0 Å². The maximum atomic E-state index is 3.77. The molecule has 1 rings (SSSR count). The van der Waals surface area contributed by atoms with Crippen LogP contribution in [0.1, 0.15) is 66.2 Å². The van der Waals surface area contributed by atoms with Gasteiger partial charge in [0.1, 0.15) is 0 Å². The minimum atomic E-state index is 0.311. The van der Waals surface area contributed by atoms with Crippen LogP contribution in [0.5, 0.6) is 0 Å². The van der Waals surface area contributed by atoms with E-state index in [0.717, 1.165) is 6.54 Å². The first-order valence-electron chi connectivity index (χ1n) is 7.61. The minimum Gasteiger partial charge on any atom is -0.312 e. The van der Waals surface area contributed by atoms with Crippen LogP contribution in [0, 0.1) is 0 Å². The number of hydrogen-bond acceptors (Lipinski definition) is 2. The Morgan fingerprint density at radius 1 is 1.06 bits per heavy atom. The van der Waals surface area contributed by atoms with Crippen LogP contribution in [0.15, 0.2) is 0 Å². The zero-order valence-electron chi connectivity index (χ0n) is 12.4. The van der Waals surface area contributed by atoms with Crippen molar-refractivity contribution in [1.82, 2.24) is 10.2 Å². The van der Waals surface area contributed by atoms with Crippen molar-refractivity contribution >= 4 is 0 Å². The molecule has 102 valence electrons. The van der Waals surface area contributed by atoms with Crippen molar-refractivity contribution < 1.29 is 0 Å². The third kappa shape index (κ3) is 4.26. The van der Waals surface area contributed by atoms with Crippen molar-refractivity contribution in [2.24, 2.45) is 0 Å². The van der Waals surface area contributed by atoms with Crippen LogP contribution in [0.2, 0.25) is 0 Å². The molecule has 1 heterocycles. The van der Waals surface area contributed by atoms with Crippen molar-refractivity contribution in [1.29, 1.82) is 0 Å². The smallest absolute Gasteiger partial charge is 0.0306 e. The zero-order chi connectivity index (χ0) is 12.7. The normalized spacial score (nSPS) is 20.5. The average Bonchev–Trinajstić information content (AvgIpc) is 2.35. The molecule has 0 bridgehead atoms. The van der Waals surface area contributed by atoms with Crippen molar-refractivity contribution in [3.8, 4) is 0 Å². The number of piperidine rings is 1. The Morgan fingerprint density at radius 2 is 1.71 bits per heavy atom. The highest BCUT2D eigenvalue weighted by Crippen LogP contribution is 2.26. The van der Waals surface area contributed by atoms with Crippen LogP contribution < -0.4 is 5.32 Å². The Hall–Kier alpha value is -0.0800. The van der Waals surface area contributed by atoms with Crippen LogP contribution in [0.4, 0.5) is 0 Å². The molecule has 1 aliphatic rings. The molecule has 0 radical (unpaired) electrons. The molecule has 0 aromatic carbocycles.